The van der Waals surface area contributed by atoms with Crippen molar-refractivity contribution >= 4 is 5.91 Å². The number of amides is 1. The molecule has 1 heterocycles. The molecule has 17 heavy (non-hydrogen) atoms. The molecule has 1 aliphatic carbocycles. The first-order chi connectivity index (χ1) is 8.16. The van der Waals surface area contributed by atoms with Crippen LogP contribution in [0.25, 0.3) is 0 Å². The van der Waals surface area contributed by atoms with Crippen LogP contribution in [0.2, 0.25) is 0 Å². The summed E-state index contributed by atoms with van der Waals surface area (Å²) in [6.07, 6.45) is 3.84. The minimum atomic E-state index is -0.155. The molecule has 2 fully saturated rings. The number of rotatable bonds is 3. The summed E-state index contributed by atoms with van der Waals surface area (Å²) in [7, 11) is 0. The van der Waals surface area contributed by atoms with Crippen molar-refractivity contribution in [3.63, 3.8) is 0 Å². The zero-order valence-electron chi connectivity index (χ0n) is 10.6. The Kier molecular flexibility index (Phi) is 4.40. The number of hydrogen-bond donors (Lipinski definition) is 3. The molecule has 0 spiro atoms. The maximum Gasteiger partial charge on any atom is 0.224 e. The van der Waals surface area contributed by atoms with Gasteiger partial charge in [0.2, 0.25) is 5.91 Å². The van der Waals surface area contributed by atoms with Crippen LogP contribution in [-0.2, 0) is 4.79 Å². The molecule has 2 unspecified atom stereocenters. The van der Waals surface area contributed by atoms with Crippen LogP contribution in [0.3, 0.4) is 0 Å². The molecule has 0 bridgehead atoms. The average Bonchev–Trinajstić information content (AvgIpc) is 2.72. The monoisotopic (exact) mass is 240 g/mol. The third kappa shape index (κ3) is 3.42. The lowest BCUT2D eigenvalue weighted by molar-refractivity contribution is -0.125. The van der Waals surface area contributed by atoms with Crippen molar-refractivity contribution in [3.8, 4) is 0 Å². The number of aliphatic hydroxyl groups is 1. The molecule has 3 N–H and O–H groups in total. The fourth-order valence-electron chi connectivity index (χ4n) is 2.99. The highest BCUT2D eigenvalue weighted by Gasteiger charge is 2.30. The Hall–Kier alpha value is -0.610. The Balaban J connectivity index is 1.72. The normalized spacial score (nSPS) is 38.0. The Morgan fingerprint density at radius 2 is 2.24 bits per heavy atom. The molecule has 1 amide bonds. The van der Waals surface area contributed by atoms with Crippen molar-refractivity contribution in [2.45, 2.75) is 38.7 Å². The van der Waals surface area contributed by atoms with Crippen molar-refractivity contribution in [2.24, 2.45) is 17.8 Å². The van der Waals surface area contributed by atoms with Crippen LogP contribution in [0, 0.1) is 17.8 Å². The maximum absolute atomic E-state index is 12.0. The zero-order chi connectivity index (χ0) is 12.3. The van der Waals surface area contributed by atoms with Crippen molar-refractivity contribution in [1.29, 1.82) is 0 Å². The predicted molar refractivity (Wildman–Crippen MR) is 66.5 cm³/mol. The molecule has 0 aromatic carbocycles. The Morgan fingerprint density at radius 1 is 1.41 bits per heavy atom. The van der Waals surface area contributed by atoms with Gasteiger partial charge in [0.15, 0.2) is 0 Å². The lowest BCUT2D eigenvalue weighted by atomic mass is 9.87. The third-order valence-corrected chi connectivity index (χ3v) is 4.17. The molecule has 0 radical (unpaired) electrons. The van der Waals surface area contributed by atoms with Crippen molar-refractivity contribution < 1.29 is 9.90 Å². The maximum atomic E-state index is 12.0. The molecule has 1 saturated heterocycles. The van der Waals surface area contributed by atoms with Crippen molar-refractivity contribution in [1.82, 2.24) is 10.6 Å². The van der Waals surface area contributed by atoms with Crippen LogP contribution in [0.1, 0.15) is 32.6 Å². The van der Waals surface area contributed by atoms with Crippen LogP contribution in [0.15, 0.2) is 0 Å². The van der Waals surface area contributed by atoms with E-state index in [1.54, 1.807) is 0 Å². The van der Waals surface area contributed by atoms with E-state index in [-0.39, 0.29) is 17.9 Å². The van der Waals surface area contributed by atoms with Gasteiger partial charge in [0, 0.05) is 13.1 Å². The summed E-state index contributed by atoms with van der Waals surface area (Å²) in [5, 5.41) is 15.9. The Labute approximate surface area is 103 Å². The van der Waals surface area contributed by atoms with E-state index in [0.29, 0.717) is 11.8 Å². The lowest BCUT2D eigenvalue weighted by Crippen LogP contribution is -2.38. The molecular formula is C13H24N2O2. The van der Waals surface area contributed by atoms with Gasteiger partial charge in [0.25, 0.3) is 0 Å². The number of aliphatic hydroxyl groups excluding tert-OH is 1. The molecule has 0 aromatic heterocycles. The third-order valence-electron chi connectivity index (χ3n) is 4.17. The summed E-state index contributed by atoms with van der Waals surface area (Å²) in [5.41, 5.74) is 0. The van der Waals surface area contributed by atoms with Crippen LogP contribution >= 0.6 is 0 Å². The second-order valence-electron chi connectivity index (χ2n) is 5.67. The van der Waals surface area contributed by atoms with E-state index < -0.39 is 0 Å². The molecule has 1 saturated carbocycles. The first kappa shape index (κ1) is 12.8. The van der Waals surface area contributed by atoms with Gasteiger partial charge in [0.1, 0.15) is 0 Å². The molecule has 98 valence electrons. The summed E-state index contributed by atoms with van der Waals surface area (Å²) in [6, 6.07) is 0. The lowest BCUT2D eigenvalue weighted by Gasteiger charge is -2.26. The van der Waals surface area contributed by atoms with E-state index in [4.69, 9.17) is 0 Å². The summed E-state index contributed by atoms with van der Waals surface area (Å²) in [4.78, 5) is 12.0. The topological polar surface area (TPSA) is 61.4 Å². The smallest absolute Gasteiger partial charge is 0.224 e. The van der Waals surface area contributed by atoms with Gasteiger partial charge in [-0.2, -0.15) is 0 Å². The summed E-state index contributed by atoms with van der Waals surface area (Å²) < 4.78 is 0. The summed E-state index contributed by atoms with van der Waals surface area (Å²) in [6.45, 7) is 4.61. The predicted octanol–water partition coefficient (Wildman–Crippen LogP) is 0.509. The van der Waals surface area contributed by atoms with Gasteiger partial charge >= 0.3 is 0 Å². The van der Waals surface area contributed by atoms with Crippen LogP contribution in [0.5, 0.6) is 0 Å². The van der Waals surface area contributed by atoms with E-state index in [1.807, 2.05) is 0 Å². The van der Waals surface area contributed by atoms with Gasteiger partial charge in [-0.3, -0.25) is 4.79 Å². The summed E-state index contributed by atoms with van der Waals surface area (Å²) in [5.74, 6) is 1.21. The second kappa shape index (κ2) is 5.83. The molecule has 2 rings (SSSR count). The van der Waals surface area contributed by atoms with E-state index in [9.17, 15) is 9.90 Å². The highest BCUT2D eigenvalue weighted by molar-refractivity contribution is 5.79. The molecule has 2 aliphatic rings. The molecule has 1 aliphatic heterocycles. The van der Waals surface area contributed by atoms with Gasteiger partial charge < -0.3 is 15.7 Å². The molecule has 4 atom stereocenters. The van der Waals surface area contributed by atoms with Gasteiger partial charge in [-0.15, -0.1) is 0 Å². The highest BCUT2D eigenvalue weighted by atomic mass is 16.3. The Bertz CT molecular complexity index is 270. The van der Waals surface area contributed by atoms with E-state index >= 15 is 0 Å². The minimum Gasteiger partial charge on any atom is -0.393 e. The largest absolute Gasteiger partial charge is 0.393 e. The van der Waals surface area contributed by atoms with Crippen LogP contribution in [0.4, 0.5) is 0 Å². The Morgan fingerprint density at radius 3 is 2.88 bits per heavy atom. The molecule has 0 aromatic rings. The van der Waals surface area contributed by atoms with Gasteiger partial charge in [0.05, 0.1) is 12.0 Å². The van der Waals surface area contributed by atoms with Crippen LogP contribution in [-0.4, -0.2) is 36.8 Å². The van der Waals surface area contributed by atoms with Crippen LogP contribution < -0.4 is 10.6 Å². The average molecular weight is 240 g/mol. The standard InChI is InChI=1S/C13H24N2O2/c1-9-6-14-8-12(9)13(17)15-7-10-3-2-4-11(16)5-10/h9-12,14,16H,2-8H2,1H3,(H,15,17)/t9-,10?,11?,12-/m1/s1. The van der Waals surface area contributed by atoms with Crippen molar-refractivity contribution in [3.05, 3.63) is 0 Å². The number of nitrogens with one attached hydrogen (secondary N) is 2. The summed E-state index contributed by atoms with van der Waals surface area (Å²) >= 11 is 0. The molecule has 4 heteroatoms. The zero-order valence-corrected chi connectivity index (χ0v) is 10.6. The van der Waals surface area contributed by atoms with Crippen molar-refractivity contribution in [2.75, 3.05) is 19.6 Å². The fraction of sp³-hybridized carbons (Fsp3) is 0.923. The number of hydrogen-bond acceptors (Lipinski definition) is 3. The highest BCUT2D eigenvalue weighted by Crippen LogP contribution is 2.24. The molecule has 4 nitrogen and oxygen atoms in total. The van der Waals surface area contributed by atoms with Gasteiger partial charge in [-0.05, 0) is 37.6 Å². The van der Waals surface area contributed by atoms with Gasteiger partial charge in [-0.1, -0.05) is 13.3 Å². The molecular weight excluding hydrogens is 216 g/mol. The minimum absolute atomic E-state index is 0.128. The first-order valence-electron chi connectivity index (χ1n) is 6.83. The first-order valence-corrected chi connectivity index (χ1v) is 6.83. The fourth-order valence-corrected chi connectivity index (χ4v) is 2.99. The number of carbonyl (C=O) groups is 1. The van der Waals surface area contributed by atoms with E-state index in [1.165, 1.54) is 0 Å². The SMILES string of the molecule is C[C@@H]1CNC[C@H]1C(=O)NCC1CCCC(O)C1. The van der Waals surface area contributed by atoms with E-state index in [0.717, 1.165) is 45.3 Å². The number of carbonyl (C=O) groups excluding carboxylic acids is 1. The second-order valence-corrected chi connectivity index (χ2v) is 5.67. The van der Waals surface area contributed by atoms with Gasteiger partial charge in [-0.25, -0.2) is 0 Å². The van der Waals surface area contributed by atoms with E-state index in [2.05, 4.69) is 17.6 Å². The quantitative estimate of drug-likeness (QED) is 0.673.